The van der Waals surface area contributed by atoms with E-state index in [9.17, 15) is 14.0 Å². The third-order valence-electron chi connectivity index (χ3n) is 6.46. The summed E-state index contributed by atoms with van der Waals surface area (Å²) in [7, 11) is 2.83. The van der Waals surface area contributed by atoms with Crippen LogP contribution in [0.25, 0.3) is 5.70 Å². The van der Waals surface area contributed by atoms with E-state index >= 15 is 0 Å². The SMILES string of the molecule is COC(=O)C1(C)C=C(c2ccc(OC)c(C(=O)N3CCC(Cc4ccc(F)cc4)CC3)c2)NO1. The van der Waals surface area contributed by atoms with E-state index in [0.717, 1.165) is 24.8 Å². The van der Waals surface area contributed by atoms with Crippen molar-refractivity contribution in [2.24, 2.45) is 5.92 Å². The number of carbonyl (C=O) groups is 2. The van der Waals surface area contributed by atoms with E-state index in [0.29, 0.717) is 41.6 Å². The molecule has 7 nitrogen and oxygen atoms in total. The molecule has 2 aliphatic heterocycles. The lowest BCUT2D eigenvalue weighted by Gasteiger charge is -2.32. The van der Waals surface area contributed by atoms with Gasteiger partial charge in [-0.1, -0.05) is 12.1 Å². The number of methoxy groups -OCH3 is 2. The third kappa shape index (κ3) is 4.92. The van der Waals surface area contributed by atoms with Crippen molar-refractivity contribution in [3.8, 4) is 5.75 Å². The van der Waals surface area contributed by atoms with Crippen molar-refractivity contribution in [3.05, 3.63) is 71.0 Å². The Morgan fingerprint density at radius 1 is 1.15 bits per heavy atom. The van der Waals surface area contributed by atoms with Gasteiger partial charge in [-0.25, -0.2) is 9.18 Å². The zero-order valence-electron chi connectivity index (χ0n) is 19.6. The molecule has 4 rings (SSSR count). The maximum Gasteiger partial charge on any atom is 0.344 e. The lowest BCUT2D eigenvalue weighted by Crippen LogP contribution is -2.39. The Morgan fingerprint density at radius 3 is 2.50 bits per heavy atom. The van der Waals surface area contributed by atoms with Crippen LogP contribution in [-0.4, -0.2) is 49.7 Å². The Bertz CT molecular complexity index is 1090. The number of esters is 1. The highest BCUT2D eigenvalue weighted by Crippen LogP contribution is 2.31. The number of carbonyl (C=O) groups excluding carboxylic acids is 2. The number of nitrogens with zero attached hydrogens (tertiary/aromatic N) is 1. The van der Waals surface area contributed by atoms with Crippen LogP contribution in [0, 0.1) is 11.7 Å². The topological polar surface area (TPSA) is 77.1 Å². The lowest BCUT2D eigenvalue weighted by atomic mass is 9.90. The average molecular weight is 469 g/mol. The molecule has 1 amide bonds. The summed E-state index contributed by atoms with van der Waals surface area (Å²) in [6.07, 6.45) is 4.27. The van der Waals surface area contributed by atoms with Crippen molar-refractivity contribution in [3.63, 3.8) is 0 Å². The molecule has 0 bridgehead atoms. The van der Waals surface area contributed by atoms with Gasteiger partial charge in [0.05, 0.1) is 25.5 Å². The van der Waals surface area contributed by atoms with E-state index in [2.05, 4.69) is 5.48 Å². The van der Waals surface area contributed by atoms with Crippen molar-refractivity contribution < 1.29 is 28.3 Å². The van der Waals surface area contributed by atoms with Crippen LogP contribution in [0.5, 0.6) is 5.75 Å². The van der Waals surface area contributed by atoms with Gasteiger partial charge < -0.3 is 14.4 Å². The molecular weight excluding hydrogens is 439 g/mol. The van der Waals surface area contributed by atoms with Gasteiger partial charge in [0.2, 0.25) is 5.60 Å². The van der Waals surface area contributed by atoms with Gasteiger partial charge in [-0.3, -0.25) is 15.1 Å². The van der Waals surface area contributed by atoms with Crippen LogP contribution in [0.4, 0.5) is 4.39 Å². The molecule has 0 radical (unpaired) electrons. The molecule has 8 heteroatoms. The second-order valence-electron chi connectivity index (χ2n) is 8.84. The molecule has 0 spiro atoms. The van der Waals surface area contributed by atoms with Crippen molar-refractivity contribution in [1.29, 1.82) is 0 Å². The van der Waals surface area contributed by atoms with Gasteiger partial charge in [-0.05, 0) is 74.1 Å². The van der Waals surface area contributed by atoms with Crippen LogP contribution < -0.4 is 10.2 Å². The summed E-state index contributed by atoms with van der Waals surface area (Å²) in [5, 5.41) is 0. The van der Waals surface area contributed by atoms with Gasteiger partial charge in [-0.2, -0.15) is 0 Å². The van der Waals surface area contributed by atoms with Crippen LogP contribution in [0.2, 0.25) is 0 Å². The number of hydrogen-bond donors (Lipinski definition) is 1. The predicted molar refractivity (Wildman–Crippen MR) is 124 cm³/mol. The van der Waals surface area contributed by atoms with Gasteiger partial charge in [-0.15, -0.1) is 0 Å². The quantitative estimate of drug-likeness (QED) is 0.651. The van der Waals surface area contributed by atoms with Gasteiger partial charge in [0.1, 0.15) is 11.6 Å². The molecule has 0 aliphatic carbocycles. The minimum Gasteiger partial charge on any atom is -0.496 e. The molecule has 1 unspecified atom stereocenters. The summed E-state index contributed by atoms with van der Waals surface area (Å²) in [6.45, 7) is 2.88. The Kier molecular flexibility index (Phi) is 6.88. The summed E-state index contributed by atoms with van der Waals surface area (Å²) >= 11 is 0. The van der Waals surface area contributed by atoms with Crippen molar-refractivity contribution >= 4 is 17.6 Å². The zero-order valence-corrected chi connectivity index (χ0v) is 19.6. The number of amides is 1. The molecule has 0 aromatic heterocycles. The average Bonchev–Trinajstić information content (AvgIpc) is 3.28. The number of hydroxylamine groups is 1. The molecule has 1 saturated heterocycles. The Labute approximate surface area is 198 Å². The summed E-state index contributed by atoms with van der Waals surface area (Å²) in [6, 6.07) is 11.9. The lowest BCUT2D eigenvalue weighted by molar-refractivity contribution is -0.163. The Morgan fingerprint density at radius 2 is 1.85 bits per heavy atom. The van der Waals surface area contributed by atoms with Gasteiger partial charge in [0.25, 0.3) is 5.91 Å². The van der Waals surface area contributed by atoms with Gasteiger partial charge in [0, 0.05) is 18.7 Å². The van der Waals surface area contributed by atoms with Gasteiger partial charge >= 0.3 is 5.97 Å². The van der Waals surface area contributed by atoms with E-state index < -0.39 is 11.6 Å². The smallest absolute Gasteiger partial charge is 0.344 e. The molecule has 1 fully saturated rings. The van der Waals surface area contributed by atoms with Crippen molar-refractivity contribution in [2.75, 3.05) is 27.3 Å². The molecule has 34 heavy (non-hydrogen) atoms. The van der Waals surface area contributed by atoms with Crippen LogP contribution in [0.15, 0.2) is 48.5 Å². The first-order valence-electron chi connectivity index (χ1n) is 11.3. The number of ether oxygens (including phenoxy) is 2. The van der Waals surface area contributed by atoms with Crippen molar-refractivity contribution in [1.82, 2.24) is 10.4 Å². The second-order valence-corrected chi connectivity index (χ2v) is 8.84. The molecular formula is C26H29FN2O5. The first-order chi connectivity index (χ1) is 16.3. The standard InChI is InChI=1S/C26H29FN2O5/c1-26(25(31)33-3)16-22(28-34-26)19-6-9-23(32-2)21(15-19)24(30)29-12-10-18(11-13-29)14-17-4-7-20(27)8-5-17/h4-9,15-16,18,28H,10-14H2,1-3H3. The Balaban J connectivity index is 1.46. The normalized spacial score (nSPS) is 20.5. The largest absolute Gasteiger partial charge is 0.496 e. The third-order valence-corrected chi connectivity index (χ3v) is 6.46. The predicted octanol–water partition coefficient (Wildman–Crippen LogP) is 3.74. The second kappa shape index (κ2) is 9.85. The van der Waals surface area contributed by atoms with Crippen LogP contribution in [0.3, 0.4) is 0 Å². The van der Waals surface area contributed by atoms with E-state index in [1.54, 1.807) is 31.2 Å². The monoisotopic (exact) mass is 468 g/mol. The Hall–Kier alpha value is -3.39. The number of benzene rings is 2. The highest BCUT2D eigenvalue weighted by molar-refractivity contribution is 5.98. The fourth-order valence-corrected chi connectivity index (χ4v) is 4.45. The number of halogens is 1. The van der Waals surface area contributed by atoms with Crippen LogP contribution in [-0.2, 0) is 20.8 Å². The zero-order chi connectivity index (χ0) is 24.3. The summed E-state index contributed by atoms with van der Waals surface area (Å²) < 4.78 is 23.4. The molecule has 0 saturated carbocycles. The molecule has 1 atom stereocenters. The molecule has 1 N–H and O–H groups in total. The summed E-state index contributed by atoms with van der Waals surface area (Å²) in [5.74, 6) is 0.0732. The molecule has 180 valence electrons. The summed E-state index contributed by atoms with van der Waals surface area (Å²) in [4.78, 5) is 32.7. The first kappa shape index (κ1) is 23.8. The minimum atomic E-state index is -1.25. The van der Waals surface area contributed by atoms with Crippen LogP contribution >= 0.6 is 0 Å². The highest BCUT2D eigenvalue weighted by Gasteiger charge is 2.39. The summed E-state index contributed by atoms with van der Waals surface area (Å²) in [5.41, 5.74) is 4.35. The minimum absolute atomic E-state index is 0.103. The first-order valence-corrected chi connectivity index (χ1v) is 11.3. The van der Waals surface area contributed by atoms with Crippen LogP contribution in [0.1, 0.15) is 41.3 Å². The van der Waals surface area contributed by atoms with Crippen molar-refractivity contribution in [2.45, 2.75) is 31.8 Å². The number of hydrogen-bond acceptors (Lipinski definition) is 6. The number of likely N-dealkylation sites (tertiary alicyclic amines) is 1. The number of rotatable bonds is 6. The fraction of sp³-hybridized carbons (Fsp3) is 0.385. The molecule has 2 heterocycles. The molecule has 2 aromatic carbocycles. The molecule has 2 aliphatic rings. The maximum absolute atomic E-state index is 13.4. The van der Waals surface area contributed by atoms with E-state index in [1.165, 1.54) is 26.4 Å². The maximum atomic E-state index is 13.4. The fourth-order valence-electron chi connectivity index (χ4n) is 4.45. The van der Waals surface area contributed by atoms with E-state index in [1.807, 2.05) is 17.0 Å². The van der Waals surface area contributed by atoms with Gasteiger partial charge in [0.15, 0.2) is 0 Å². The van der Waals surface area contributed by atoms with E-state index in [4.69, 9.17) is 14.3 Å². The highest BCUT2D eigenvalue weighted by atomic mass is 19.1. The molecule has 2 aromatic rings. The number of piperidine rings is 1. The van der Waals surface area contributed by atoms with E-state index in [-0.39, 0.29) is 11.7 Å². The number of nitrogens with one attached hydrogen (secondary N) is 1.